The van der Waals surface area contributed by atoms with Crippen LogP contribution in [0.1, 0.15) is 41.6 Å². The summed E-state index contributed by atoms with van der Waals surface area (Å²) in [5, 5.41) is 11.0. The largest absolute Gasteiger partial charge is 0.480 e. The molecule has 6 nitrogen and oxygen atoms in total. The molecule has 0 fully saturated rings. The molecule has 106 valence electrons. The van der Waals surface area contributed by atoms with Gasteiger partial charge in [0, 0.05) is 12.5 Å². The first-order valence-corrected chi connectivity index (χ1v) is 6.10. The molecule has 1 rings (SSSR count). The Hall–Kier alpha value is -1.82. The average molecular weight is 269 g/mol. The summed E-state index contributed by atoms with van der Waals surface area (Å²) >= 11 is 0. The molecule has 2 N–H and O–H groups in total. The van der Waals surface area contributed by atoms with Crippen molar-refractivity contribution < 1.29 is 23.8 Å². The molecule has 1 aromatic heterocycles. The average Bonchev–Trinajstić information content (AvgIpc) is 2.70. The monoisotopic (exact) mass is 269 g/mol. The number of carbonyl (C=O) groups excluding carboxylic acids is 1. The third kappa shape index (κ3) is 4.75. The first-order valence-electron chi connectivity index (χ1n) is 6.10. The lowest BCUT2D eigenvalue weighted by Crippen LogP contribution is -2.28. The number of hydrogen-bond donors (Lipinski definition) is 2. The SMILES string of the molecule is Cc1oc(C(C)C)cc1C(=O)NCCOCC(=O)O. The molecule has 0 aliphatic heterocycles. The summed E-state index contributed by atoms with van der Waals surface area (Å²) in [5.41, 5.74) is 0.502. The molecule has 0 radical (unpaired) electrons. The van der Waals surface area contributed by atoms with Crippen LogP contribution in [0.15, 0.2) is 10.5 Å². The number of aryl methyl sites for hydroxylation is 1. The summed E-state index contributed by atoms with van der Waals surface area (Å²) in [4.78, 5) is 22.1. The van der Waals surface area contributed by atoms with Gasteiger partial charge in [0.15, 0.2) is 0 Å². The minimum absolute atomic E-state index is 0.159. The van der Waals surface area contributed by atoms with Crippen molar-refractivity contribution in [3.63, 3.8) is 0 Å². The van der Waals surface area contributed by atoms with Crippen molar-refractivity contribution in [2.24, 2.45) is 0 Å². The molecule has 0 aliphatic carbocycles. The Kier molecular flexibility index (Phi) is 5.57. The molecule has 1 aromatic rings. The van der Waals surface area contributed by atoms with Gasteiger partial charge in [0.05, 0.1) is 12.2 Å². The Morgan fingerprint density at radius 1 is 1.47 bits per heavy atom. The highest BCUT2D eigenvalue weighted by Gasteiger charge is 2.16. The molecule has 1 amide bonds. The number of aliphatic carboxylic acids is 1. The number of carboxylic acids is 1. The second-order valence-corrected chi connectivity index (χ2v) is 4.48. The van der Waals surface area contributed by atoms with E-state index in [-0.39, 0.29) is 31.6 Å². The Labute approximate surface area is 111 Å². The van der Waals surface area contributed by atoms with E-state index in [9.17, 15) is 9.59 Å². The summed E-state index contributed by atoms with van der Waals surface area (Å²) < 4.78 is 10.3. The van der Waals surface area contributed by atoms with E-state index in [0.29, 0.717) is 11.3 Å². The maximum absolute atomic E-state index is 11.9. The van der Waals surface area contributed by atoms with Crippen molar-refractivity contribution in [1.82, 2.24) is 5.32 Å². The maximum Gasteiger partial charge on any atom is 0.329 e. The van der Waals surface area contributed by atoms with Gasteiger partial charge in [0.2, 0.25) is 0 Å². The third-order valence-electron chi connectivity index (χ3n) is 2.51. The van der Waals surface area contributed by atoms with Crippen LogP contribution in [-0.4, -0.2) is 36.7 Å². The van der Waals surface area contributed by atoms with Gasteiger partial charge in [-0.05, 0) is 13.0 Å². The van der Waals surface area contributed by atoms with Crippen LogP contribution < -0.4 is 5.32 Å². The van der Waals surface area contributed by atoms with E-state index < -0.39 is 5.97 Å². The van der Waals surface area contributed by atoms with Crippen molar-refractivity contribution in [3.8, 4) is 0 Å². The van der Waals surface area contributed by atoms with Crippen molar-refractivity contribution in [2.45, 2.75) is 26.7 Å². The minimum atomic E-state index is -1.03. The molecule has 1 heterocycles. The molecular weight excluding hydrogens is 250 g/mol. The summed E-state index contributed by atoms with van der Waals surface area (Å²) in [6.45, 7) is 5.76. The maximum atomic E-state index is 11.9. The number of ether oxygens (including phenoxy) is 1. The fourth-order valence-corrected chi connectivity index (χ4v) is 1.51. The van der Waals surface area contributed by atoms with Crippen LogP contribution in [0, 0.1) is 6.92 Å². The first kappa shape index (κ1) is 15.2. The van der Waals surface area contributed by atoms with E-state index >= 15 is 0 Å². The van der Waals surface area contributed by atoms with Crippen LogP contribution in [0.5, 0.6) is 0 Å². The zero-order valence-electron chi connectivity index (χ0n) is 11.4. The van der Waals surface area contributed by atoms with Crippen LogP contribution in [0.3, 0.4) is 0 Å². The predicted molar refractivity (Wildman–Crippen MR) is 68.3 cm³/mol. The van der Waals surface area contributed by atoms with Gasteiger partial charge in [-0.25, -0.2) is 4.79 Å². The molecular formula is C13H19NO5. The van der Waals surface area contributed by atoms with E-state index in [4.69, 9.17) is 14.3 Å². The number of hydrogen-bond acceptors (Lipinski definition) is 4. The molecule has 0 bridgehead atoms. The zero-order valence-corrected chi connectivity index (χ0v) is 11.4. The van der Waals surface area contributed by atoms with Gasteiger partial charge in [-0.3, -0.25) is 4.79 Å². The van der Waals surface area contributed by atoms with E-state index in [2.05, 4.69) is 5.32 Å². The van der Waals surface area contributed by atoms with E-state index in [1.165, 1.54) is 0 Å². The molecule has 0 aliphatic rings. The van der Waals surface area contributed by atoms with Gasteiger partial charge in [0.1, 0.15) is 18.1 Å². The van der Waals surface area contributed by atoms with Crippen LogP contribution in [0.4, 0.5) is 0 Å². The second-order valence-electron chi connectivity index (χ2n) is 4.48. The quantitative estimate of drug-likeness (QED) is 0.733. The smallest absolute Gasteiger partial charge is 0.329 e. The molecule has 0 saturated carbocycles. The fourth-order valence-electron chi connectivity index (χ4n) is 1.51. The summed E-state index contributed by atoms with van der Waals surface area (Å²) in [6, 6.07) is 1.73. The third-order valence-corrected chi connectivity index (χ3v) is 2.51. The predicted octanol–water partition coefficient (Wildman–Crippen LogP) is 1.54. The number of carbonyl (C=O) groups is 2. The number of carboxylic acid groups (broad SMARTS) is 1. The number of rotatable bonds is 7. The molecule has 0 spiro atoms. The van der Waals surface area contributed by atoms with Crippen LogP contribution >= 0.6 is 0 Å². The van der Waals surface area contributed by atoms with E-state index in [1.54, 1.807) is 13.0 Å². The normalized spacial score (nSPS) is 10.7. The molecule has 0 saturated heterocycles. The van der Waals surface area contributed by atoms with Crippen LogP contribution in [0.25, 0.3) is 0 Å². The molecule has 0 atom stereocenters. The van der Waals surface area contributed by atoms with Gasteiger partial charge in [-0.15, -0.1) is 0 Å². The minimum Gasteiger partial charge on any atom is -0.480 e. The Morgan fingerprint density at radius 3 is 2.68 bits per heavy atom. The first-order chi connectivity index (χ1) is 8.91. The lowest BCUT2D eigenvalue weighted by atomic mass is 10.1. The van der Waals surface area contributed by atoms with Gasteiger partial charge in [0.25, 0.3) is 5.91 Å². The Bertz CT molecular complexity index is 450. The Morgan fingerprint density at radius 2 is 2.16 bits per heavy atom. The lowest BCUT2D eigenvalue weighted by Gasteiger charge is -2.04. The Balaban J connectivity index is 2.43. The van der Waals surface area contributed by atoms with E-state index in [1.807, 2.05) is 13.8 Å². The van der Waals surface area contributed by atoms with Crippen LogP contribution in [-0.2, 0) is 9.53 Å². The van der Waals surface area contributed by atoms with Crippen molar-refractivity contribution in [1.29, 1.82) is 0 Å². The molecule has 19 heavy (non-hydrogen) atoms. The standard InChI is InChI=1S/C13H19NO5/c1-8(2)11-6-10(9(3)19-11)13(17)14-4-5-18-7-12(15)16/h6,8H,4-5,7H2,1-3H3,(H,14,17)(H,15,16). The van der Waals surface area contributed by atoms with E-state index in [0.717, 1.165) is 5.76 Å². The number of furan rings is 1. The topological polar surface area (TPSA) is 88.8 Å². The molecule has 0 unspecified atom stereocenters. The van der Waals surface area contributed by atoms with Gasteiger partial charge in [-0.1, -0.05) is 13.8 Å². The van der Waals surface area contributed by atoms with Crippen molar-refractivity contribution in [2.75, 3.05) is 19.8 Å². The number of amides is 1. The zero-order chi connectivity index (χ0) is 14.4. The fraction of sp³-hybridized carbons (Fsp3) is 0.538. The summed E-state index contributed by atoms with van der Waals surface area (Å²) in [6.07, 6.45) is 0. The summed E-state index contributed by atoms with van der Waals surface area (Å²) in [7, 11) is 0. The highest BCUT2D eigenvalue weighted by atomic mass is 16.5. The highest BCUT2D eigenvalue weighted by molar-refractivity contribution is 5.95. The van der Waals surface area contributed by atoms with Crippen molar-refractivity contribution >= 4 is 11.9 Å². The lowest BCUT2D eigenvalue weighted by molar-refractivity contribution is -0.142. The van der Waals surface area contributed by atoms with Gasteiger partial charge >= 0.3 is 5.97 Å². The number of nitrogens with one attached hydrogen (secondary N) is 1. The summed E-state index contributed by atoms with van der Waals surface area (Å²) in [5.74, 6) is 0.294. The molecule has 0 aromatic carbocycles. The van der Waals surface area contributed by atoms with Gasteiger partial charge < -0.3 is 19.6 Å². The van der Waals surface area contributed by atoms with Crippen LogP contribution in [0.2, 0.25) is 0 Å². The molecule has 6 heteroatoms. The van der Waals surface area contributed by atoms with Gasteiger partial charge in [-0.2, -0.15) is 0 Å². The van der Waals surface area contributed by atoms with Crippen molar-refractivity contribution in [3.05, 3.63) is 23.2 Å². The second kappa shape index (κ2) is 6.94. The highest BCUT2D eigenvalue weighted by Crippen LogP contribution is 2.21.